The Balaban J connectivity index is 1.91. The van der Waals surface area contributed by atoms with Crippen LogP contribution in [0.3, 0.4) is 0 Å². The molecule has 144 valence electrons. The van der Waals surface area contributed by atoms with Crippen LogP contribution in [-0.2, 0) is 14.8 Å². The van der Waals surface area contributed by atoms with Gasteiger partial charge in [0.05, 0.1) is 11.9 Å². The number of ether oxygens (including phenoxy) is 2. The fourth-order valence-electron chi connectivity index (χ4n) is 2.87. The molecule has 1 aliphatic heterocycles. The van der Waals surface area contributed by atoms with Gasteiger partial charge in [-0.2, -0.15) is 0 Å². The third kappa shape index (κ3) is 3.97. The molecule has 0 spiro atoms. The molecule has 0 saturated carbocycles. The van der Waals surface area contributed by atoms with Crippen molar-refractivity contribution in [1.29, 1.82) is 0 Å². The summed E-state index contributed by atoms with van der Waals surface area (Å²) in [6, 6.07) is 9.16. The van der Waals surface area contributed by atoms with Gasteiger partial charge >= 0.3 is 0 Å². The molecule has 1 heterocycles. The predicted octanol–water partition coefficient (Wildman–Crippen LogP) is 2.74. The Morgan fingerprint density at radius 1 is 1.22 bits per heavy atom. The van der Waals surface area contributed by atoms with Crippen LogP contribution in [0.1, 0.15) is 13.3 Å². The number of amides is 1. The number of carbonyl (C=O) groups is 1. The van der Waals surface area contributed by atoms with Crippen molar-refractivity contribution in [2.24, 2.45) is 0 Å². The van der Waals surface area contributed by atoms with Gasteiger partial charge in [-0.3, -0.25) is 9.10 Å². The van der Waals surface area contributed by atoms with Crippen molar-refractivity contribution >= 4 is 27.3 Å². The lowest BCUT2D eigenvalue weighted by molar-refractivity contribution is -0.117. The Bertz CT molecular complexity index is 964. The van der Waals surface area contributed by atoms with Crippen LogP contribution in [0.2, 0.25) is 0 Å². The molecule has 1 unspecified atom stereocenters. The van der Waals surface area contributed by atoms with Crippen LogP contribution in [0.4, 0.5) is 15.8 Å². The van der Waals surface area contributed by atoms with Crippen molar-refractivity contribution in [2.45, 2.75) is 19.4 Å². The van der Waals surface area contributed by atoms with E-state index in [9.17, 15) is 17.6 Å². The molecule has 1 aliphatic rings. The lowest BCUT2D eigenvalue weighted by atomic mass is 10.1. The highest BCUT2D eigenvalue weighted by atomic mass is 32.2. The van der Waals surface area contributed by atoms with Crippen molar-refractivity contribution < 1.29 is 27.1 Å². The Morgan fingerprint density at radius 2 is 1.93 bits per heavy atom. The summed E-state index contributed by atoms with van der Waals surface area (Å²) in [5.41, 5.74) is 0.248. The van der Waals surface area contributed by atoms with Crippen LogP contribution in [-0.4, -0.2) is 33.4 Å². The highest BCUT2D eigenvalue weighted by Gasteiger charge is 2.33. The fourth-order valence-corrected chi connectivity index (χ4v) is 4.08. The van der Waals surface area contributed by atoms with E-state index in [0.29, 0.717) is 17.2 Å². The summed E-state index contributed by atoms with van der Waals surface area (Å²) in [5, 5.41) is 2.66. The second-order valence-electron chi connectivity index (χ2n) is 5.99. The molecular formula is C18H19FN2O5S. The van der Waals surface area contributed by atoms with Crippen LogP contribution < -0.4 is 19.1 Å². The molecule has 7 nitrogen and oxygen atoms in total. The maximum Gasteiger partial charge on any atom is 0.248 e. The minimum atomic E-state index is -3.91. The number of hydrogen-bond donors (Lipinski definition) is 1. The average Bonchev–Trinajstić information content (AvgIpc) is 3.07. The maximum atomic E-state index is 14.2. The highest BCUT2D eigenvalue weighted by Crippen LogP contribution is 2.34. The number of para-hydroxylation sites is 1. The van der Waals surface area contributed by atoms with Crippen LogP contribution >= 0.6 is 0 Å². The van der Waals surface area contributed by atoms with Crippen molar-refractivity contribution in [1.82, 2.24) is 0 Å². The van der Waals surface area contributed by atoms with E-state index in [4.69, 9.17) is 9.47 Å². The third-order valence-corrected chi connectivity index (χ3v) is 5.23. The number of benzene rings is 2. The predicted molar refractivity (Wildman–Crippen MR) is 99.0 cm³/mol. The quantitative estimate of drug-likeness (QED) is 0.814. The van der Waals surface area contributed by atoms with E-state index in [2.05, 4.69) is 5.32 Å². The molecule has 1 atom stereocenters. The number of hydrogen-bond acceptors (Lipinski definition) is 5. The first kappa shape index (κ1) is 19.0. The van der Waals surface area contributed by atoms with Gasteiger partial charge in [-0.05, 0) is 30.7 Å². The van der Waals surface area contributed by atoms with Crippen LogP contribution in [0.25, 0.3) is 0 Å². The first-order valence-corrected chi connectivity index (χ1v) is 10.1. The van der Waals surface area contributed by atoms with Crippen molar-refractivity contribution in [2.75, 3.05) is 22.7 Å². The van der Waals surface area contributed by atoms with Gasteiger partial charge in [0, 0.05) is 11.8 Å². The van der Waals surface area contributed by atoms with Crippen LogP contribution in [0.5, 0.6) is 11.5 Å². The lowest BCUT2D eigenvalue weighted by Gasteiger charge is -2.30. The summed E-state index contributed by atoms with van der Waals surface area (Å²) in [7, 11) is -3.91. The van der Waals surface area contributed by atoms with Crippen molar-refractivity contribution in [3.63, 3.8) is 0 Å². The molecule has 1 amide bonds. The number of sulfonamides is 1. The Labute approximate surface area is 156 Å². The highest BCUT2D eigenvalue weighted by molar-refractivity contribution is 7.92. The topological polar surface area (TPSA) is 84.9 Å². The lowest BCUT2D eigenvalue weighted by Crippen LogP contribution is -2.47. The molecule has 0 aromatic heterocycles. The van der Waals surface area contributed by atoms with Gasteiger partial charge in [0.2, 0.25) is 22.7 Å². The maximum absolute atomic E-state index is 14.2. The molecule has 1 N–H and O–H groups in total. The van der Waals surface area contributed by atoms with Gasteiger partial charge in [0.1, 0.15) is 11.9 Å². The van der Waals surface area contributed by atoms with Gasteiger partial charge in [0.25, 0.3) is 0 Å². The van der Waals surface area contributed by atoms with Crippen molar-refractivity contribution in [3.8, 4) is 11.5 Å². The fraction of sp³-hybridized carbons (Fsp3) is 0.278. The van der Waals surface area contributed by atoms with Crippen LogP contribution in [0.15, 0.2) is 42.5 Å². The number of halogens is 1. The van der Waals surface area contributed by atoms with Gasteiger partial charge in [-0.1, -0.05) is 19.1 Å². The van der Waals surface area contributed by atoms with E-state index in [0.717, 1.165) is 16.6 Å². The zero-order valence-corrected chi connectivity index (χ0v) is 15.6. The molecule has 0 fully saturated rings. The molecule has 0 aliphatic carbocycles. The number of fused-ring (bicyclic) bond motifs is 1. The summed E-state index contributed by atoms with van der Waals surface area (Å²) in [6.07, 6.45) is 1.09. The first-order valence-electron chi connectivity index (χ1n) is 8.25. The first-order chi connectivity index (χ1) is 12.8. The second kappa shape index (κ2) is 7.43. The van der Waals surface area contributed by atoms with Crippen LogP contribution in [0, 0.1) is 5.82 Å². The molecule has 0 radical (unpaired) electrons. The number of rotatable bonds is 6. The summed E-state index contributed by atoms with van der Waals surface area (Å²) >= 11 is 0. The number of carbonyl (C=O) groups excluding carboxylic acids is 1. The van der Waals surface area contributed by atoms with Gasteiger partial charge < -0.3 is 14.8 Å². The summed E-state index contributed by atoms with van der Waals surface area (Å²) in [4.78, 5) is 12.8. The molecular weight excluding hydrogens is 375 g/mol. The molecule has 9 heteroatoms. The molecule has 0 saturated heterocycles. The number of nitrogens with zero attached hydrogens (tertiary/aromatic N) is 1. The Morgan fingerprint density at radius 3 is 2.59 bits per heavy atom. The minimum Gasteiger partial charge on any atom is -0.454 e. The van der Waals surface area contributed by atoms with Gasteiger partial charge in [-0.15, -0.1) is 0 Å². The van der Waals surface area contributed by atoms with Crippen molar-refractivity contribution in [3.05, 3.63) is 48.3 Å². The summed E-state index contributed by atoms with van der Waals surface area (Å²) < 4.78 is 50.2. The standard InChI is InChI=1S/C18H19FN2O5S/c1-3-14(21(27(2,23)24)15-7-5-4-6-13(15)19)18(22)20-12-8-9-16-17(10-12)26-11-25-16/h4-10,14H,3,11H2,1-2H3,(H,20,22). The van der Waals surface area contributed by atoms with E-state index in [1.54, 1.807) is 25.1 Å². The zero-order valence-electron chi connectivity index (χ0n) is 14.8. The minimum absolute atomic E-state index is 0.0967. The summed E-state index contributed by atoms with van der Waals surface area (Å²) in [5.74, 6) is -0.263. The van der Waals surface area contributed by atoms with Gasteiger partial charge in [0.15, 0.2) is 11.5 Å². The SMILES string of the molecule is CCC(C(=O)Nc1ccc2c(c1)OCO2)N(c1ccccc1F)S(C)(=O)=O. The molecule has 27 heavy (non-hydrogen) atoms. The smallest absolute Gasteiger partial charge is 0.248 e. The molecule has 2 aromatic rings. The number of anilines is 2. The summed E-state index contributed by atoms with van der Waals surface area (Å²) in [6.45, 7) is 1.75. The van der Waals surface area contributed by atoms with E-state index in [1.165, 1.54) is 18.2 Å². The van der Waals surface area contributed by atoms with E-state index in [-0.39, 0.29) is 18.9 Å². The van der Waals surface area contributed by atoms with E-state index in [1.807, 2.05) is 0 Å². The zero-order chi connectivity index (χ0) is 19.6. The molecule has 3 rings (SSSR count). The molecule has 2 aromatic carbocycles. The largest absolute Gasteiger partial charge is 0.454 e. The van der Waals surface area contributed by atoms with E-state index < -0.39 is 27.8 Å². The van der Waals surface area contributed by atoms with Gasteiger partial charge in [-0.25, -0.2) is 12.8 Å². The second-order valence-corrected chi connectivity index (χ2v) is 7.85. The third-order valence-electron chi connectivity index (χ3n) is 4.06. The average molecular weight is 394 g/mol. The normalized spacial score (nSPS) is 13.9. The number of nitrogens with one attached hydrogen (secondary N) is 1. The monoisotopic (exact) mass is 394 g/mol. The Hall–Kier alpha value is -2.81. The molecule has 0 bridgehead atoms. The Kier molecular flexibility index (Phi) is 5.22. The van der Waals surface area contributed by atoms with E-state index >= 15 is 0 Å².